The molecule has 2 rings (SSSR count). The van der Waals surface area contributed by atoms with E-state index in [0.717, 1.165) is 5.56 Å². The molecule has 0 radical (unpaired) electrons. The second kappa shape index (κ2) is 7.45. The van der Waals surface area contributed by atoms with Crippen molar-refractivity contribution in [2.75, 3.05) is 25.1 Å². The van der Waals surface area contributed by atoms with Crippen molar-refractivity contribution in [3.05, 3.63) is 59.7 Å². The number of anilines is 2. The van der Waals surface area contributed by atoms with Gasteiger partial charge in [0.25, 0.3) is 5.91 Å². The number of nitrogens with one attached hydrogen (secondary N) is 1. The molecular formula is C18H21N3O2. The Balaban J connectivity index is 1.93. The van der Waals surface area contributed by atoms with Crippen LogP contribution in [0.25, 0.3) is 0 Å². The number of nitrogens with two attached hydrogens (primary N) is 1. The Bertz CT molecular complexity index is 694. The van der Waals surface area contributed by atoms with Crippen LogP contribution in [0.4, 0.5) is 11.4 Å². The molecule has 0 unspecified atom stereocenters. The molecule has 2 aromatic rings. The monoisotopic (exact) mass is 311 g/mol. The zero-order chi connectivity index (χ0) is 16.8. The maximum Gasteiger partial charge on any atom is 0.253 e. The Morgan fingerprint density at radius 1 is 1.09 bits per heavy atom. The first kappa shape index (κ1) is 16.5. The zero-order valence-corrected chi connectivity index (χ0v) is 13.4. The smallest absolute Gasteiger partial charge is 0.253 e. The van der Waals surface area contributed by atoms with Crippen LogP contribution in [0.3, 0.4) is 0 Å². The van der Waals surface area contributed by atoms with Gasteiger partial charge in [0.05, 0.1) is 0 Å². The second-order valence-electron chi connectivity index (χ2n) is 5.57. The minimum absolute atomic E-state index is 0.0868. The number of nitrogen functional groups attached to an aromatic ring is 1. The highest BCUT2D eigenvalue weighted by Gasteiger charge is 2.09. The van der Waals surface area contributed by atoms with E-state index in [4.69, 9.17) is 5.73 Å². The minimum atomic E-state index is -0.0945. The fourth-order valence-electron chi connectivity index (χ4n) is 2.15. The molecule has 0 spiro atoms. The van der Waals surface area contributed by atoms with Gasteiger partial charge in [-0.25, -0.2) is 0 Å². The Labute approximate surface area is 136 Å². The van der Waals surface area contributed by atoms with Crippen LogP contribution in [-0.2, 0) is 11.2 Å². The van der Waals surface area contributed by atoms with Crippen molar-refractivity contribution in [2.24, 2.45) is 0 Å². The first-order valence-corrected chi connectivity index (χ1v) is 7.41. The first-order valence-electron chi connectivity index (χ1n) is 7.41. The van der Waals surface area contributed by atoms with Gasteiger partial charge in [0, 0.05) is 37.5 Å². The van der Waals surface area contributed by atoms with E-state index in [2.05, 4.69) is 5.32 Å². The number of hydrogen-bond donors (Lipinski definition) is 2. The maximum absolute atomic E-state index is 12.0. The van der Waals surface area contributed by atoms with Gasteiger partial charge in [0.1, 0.15) is 0 Å². The van der Waals surface area contributed by atoms with Gasteiger partial charge >= 0.3 is 0 Å². The molecule has 0 bridgehead atoms. The highest BCUT2D eigenvalue weighted by Crippen LogP contribution is 2.13. The summed E-state index contributed by atoms with van der Waals surface area (Å²) in [6.45, 7) is 0. The average molecular weight is 311 g/mol. The van der Waals surface area contributed by atoms with Crippen LogP contribution in [0.5, 0.6) is 0 Å². The summed E-state index contributed by atoms with van der Waals surface area (Å²) in [6.07, 6.45) is 1.01. The maximum atomic E-state index is 12.0. The lowest BCUT2D eigenvalue weighted by molar-refractivity contribution is -0.116. The molecule has 5 nitrogen and oxygen atoms in total. The Hall–Kier alpha value is -2.82. The predicted molar refractivity (Wildman–Crippen MR) is 92.3 cm³/mol. The molecule has 0 aromatic heterocycles. The predicted octanol–water partition coefficient (Wildman–Crippen LogP) is 2.54. The van der Waals surface area contributed by atoms with Gasteiger partial charge in [0.15, 0.2) is 0 Å². The SMILES string of the molecule is CN(C)C(=O)c1cccc(NC(=O)CCc2ccc(N)cc2)c1. The summed E-state index contributed by atoms with van der Waals surface area (Å²) >= 11 is 0. The van der Waals surface area contributed by atoms with E-state index in [0.29, 0.717) is 29.8 Å². The molecule has 0 aliphatic heterocycles. The third-order valence-corrected chi connectivity index (χ3v) is 3.42. The van der Waals surface area contributed by atoms with Gasteiger partial charge in [-0.15, -0.1) is 0 Å². The third-order valence-electron chi connectivity index (χ3n) is 3.42. The molecule has 0 saturated carbocycles. The van der Waals surface area contributed by atoms with Crippen LogP contribution in [0.1, 0.15) is 22.3 Å². The van der Waals surface area contributed by atoms with Crippen molar-refractivity contribution in [3.63, 3.8) is 0 Å². The van der Waals surface area contributed by atoms with E-state index in [1.807, 2.05) is 24.3 Å². The summed E-state index contributed by atoms with van der Waals surface area (Å²) in [5, 5.41) is 2.82. The van der Waals surface area contributed by atoms with Gasteiger partial charge < -0.3 is 16.0 Å². The fourth-order valence-corrected chi connectivity index (χ4v) is 2.15. The molecule has 0 aliphatic carbocycles. The van der Waals surface area contributed by atoms with Crippen LogP contribution in [-0.4, -0.2) is 30.8 Å². The summed E-state index contributed by atoms with van der Waals surface area (Å²) < 4.78 is 0. The molecule has 0 atom stereocenters. The number of aryl methyl sites for hydroxylation is 1. The number of hydrogen-bond acceptors (Lipinski definition) is 3. The summed E-state index contributed by atoms with van der Waals surface area (Å²) in [5.41, 5.74) is 8.58. The number of amides is 2. The van der Waals surface area contributed by atoms with Crippen molar-refractivity contribution in [2.45, 2.75) is 12.8 Å². The van der Waals surface area contributed by atoms with Crippen molar-refractivity contribution in [1.29, 1.82) is 0 Å². The summed E-state index contributed by atoms with van der Waals surface area (Å²) in [7, 11) is 3.39. The Morgan fingerprint density at radius 2 is 1.78 bits per heavy atom. The van der Waals surface area contributed by atoms with Crippen molar-refractivity contribution in [1.82, 2.24) is 4.90 Å². The molecule has 0 aliphatic rings. The van der Waals surface area contributed by atoms with E-state index in [9.17, 15) is 9.59 Å². The fraction of sp³-hybridized carbons (Fsp3) is 0.222. The molecule has 2 aromatic carbocycles. The number of carbonyl (C=O) groups is 2. The summed E-state index contributed by atoms with van der Waals surface area (Å²) in [6, 6.07) is 14.4. The number of rotatable bonds is 5. The molecule has 0 saturated heterocycles. The molecule has 23 heavy (non-hydrogen) atoms. The van der Waals surface area contributed by atoms with E-state index >= 15 is 0 Å². The molecule has 3 N–H and O–H groups in total. The average Bonchev–Trinajstić information content (AvgIpc) is 2.53. The van der Waals surface area contributed by atoms with E-state index in [-0.39, 0.29) is 11.8 Å². The van der Waals surface area contributed by atoms with Crippen molar-refractivity contribution in [3.8, 4) is 0 Å². The normalized spacial score (nSPS) is 10.2. The lowest BCUT2D eigenvalue weighted by Crippen LogP contribution is -2.22. The van der Waals surface area contributed by atoms with E-state index < -0.39 is 0 Å². The molecule has 0 heterocycles. The number of nitrogens with zero attached hydrogens (tertiary/aromatic N) is 1. The molecule has 120 valence electrons. The van der Waals surface area contributed by atoms with E-state index in [1.54, 1.807) is 38.4 Å². The van der Waals surface area contributed by atoms with Crippen LogP contribution in [0.15, 0.2) is 48.5 Å². The summed E-state index contributed by atoms with van der Waals surface area (Å²) in [4.78, 5) is 25.5. The summed E-state index contributed by atoms with van der Waals surface area (Å²) in [5.74, 6) is -0.181. The largest absolute Gasteiger partial charge is 0.399 e. The molecular weight excluding hydrogens is 290 g/mol. The lowest BCUT2D eigenvalue weighted by atomic mass is 10.1. The lowest BCUT2D eigenvalue weighted by Gasteiger charge is -2.11. The second-order valence-corrected chi connectivity index (χ2v) is 5.57. The van der Waals surface area contributed by atoms with Gasteiger partial charge in [0.2, 0.25) is 5.91 Å². The van der Waals surface area contributed by atoms with Crippen LogP contribution >= 0.6 is 0 Å². The quantitative estimate of drug-likeness (QED) is 0.833. The highest BCUT2D eigenvalue weighted by atomic mass is 16.2. The van der Waals surface area contributed by atoms with Gasteiger partial charge in [-0.1, -0.05) is 18.2 Å². The number of benzene rings is 2. The topological polar surface area (TPSA) is 75.4 Å². The van der Waals surface area contributed by atoms with E-state index in [1.165, 1.54) is 4.90 Å². The molecule has 2 amide bonds. The first-order chi connectivity index (χ1) is 11.0. The van der Waals surface area contributed by atoms with Gasteiger partial charge in [-0.2, -0.15) is 0 Å². The Kier molecular flexibility index (Phi) is 5.36. The van der Waals surface area contributed by atoms with Gasteiger partial charge in [-0.3, -0.25) is 9.59 Å². The third kappa shape index (κ3) is 4.85. The number of carbonyl (C=O) groups excluding carboxylic acids is 2. The highest BCUT2D eigenvalue weighted by molar-refractivity contribution is 5.97. The van der Waals surface area contributed by atoms with Crippen LogP contribution in [0, 0.1) is 0 Å². The van der Waals surface area contributed by atoms with Crippen molar-refractivity contribution >= 4 is 23.2 Å². The molecule has 5 heteroatoms. The van der Waals surface area contributed by atoms with Gasteiger partial charge in [-0.05, 0) is 42.3 Å². The zero-order valence-electron chi connectivity index (χ0n) is 13.4. The standard InChI is InChI=1S/C18H21N3O2/c1-21(2)18(23)14-4-3-5-16(12-14)20-17(22)11-8-13-6-9-15(19)10-7-13/h3-7,9-10,12H,8,11,19H2,1-2H3,(H,20,22). The van der Waals surface area contributed by atoms with Crippen molar-refractivity contribution < 1.29 is 9.59 Å². The minimum Gasteiger partial charge on any atom is -0.399 e. The van der Waals surface area contributed by atoms with Crippen LogP contribution in [0.2, 0.25) is 0 Å². The Morgan fingerprint density at radius 3 is 2.43 bits per heavy atom. The molecule has 0 fully saturated rings. The van der Waals surface area contributed by atoms with Crippen LogP contribution < -0.4 is 11.1 Å².